The highest BCUT2D eigenvalue weighted by Crippen LogP contribution is 2.32. The Balaban J connectivity index is 2.25. The van der Waals surface area contributed by atoms with Gasteiger partial charge in [-0.05, 0) is 17.7 Å². The lowest BCUT2D eigenvalue weighted by molar-refractivity contribution is -0.137. The van der Waals surface area contributed by atoms with Crippen LogP contribution in [0.1, 0.15) is 31.0 Å². The maximum absolute atomic E-state index is 12.6. The smallest absolute Gasteiger partial charge is 0.416 e. The second kappa shape index (κ2) is 4.63. The molecule has 0 aliphatic carbocycles. The molecular weight excluding hydrogens is 243 g/mol. The first-order valence-electron chi connectivity index (χ1n) is 5.75. The molecule has 0 saturated heterocycles. The molecule has 1 unspecified atom stereocenters. The summed E-state index contributed by atoms with van der Waals surface area (Å²) in [6, 6.07) is 4.93. The van der Waals surface area contributed by atoms with Crippen molar-refractivity contribution in [3.63, 3.8) is 0 Å². The van der Waals surface area contributed by atoms with Crippen LogP contribution in [0, 0.1) is 5.92 Å². The Morgan fingerprint density at radius 3 is 2.61 bits per heavy atom. The quantitative estimate of drug-likeness (QED) is 0.789. The lowest BCUT2D eigenvalue weighted by Gasteiger charge is -2.10. The van der Waals surface area contributed by atoms with E-state index >= 15 is 0 Å². The third-order valence-electron chi connectivity index (χ3n) is 2.76. The molecule has 98 valence electrons. The number of ether oxygens (including phenoxy) is 1. The Bertz CT molecular complexity index is 466. The van der Waals surface area contributed by atoms with Crippen LogP contribution in [-0.4, -0.2) is 12.5 Å². The predicted molar refractivity (Wildman–Crippen MR) is 62.4 cm³/mol. The summed E-state index contributed by atoms with van der Waals surface area (Å²) in [6.45, 7) is 4.19. The summed E-state index contributed by atoms with van der Waals surface area (Å²) in [6.07, 6.45) is -4.32. The van der Waals surface area contributed by atoms with Crippen LogP contribution in [0.5, 0.6) is 0 Å². The maximum atomic E-state index is 12.6. The standard InChI is InChI=1S/C13H14F3NO/c1-8(2)12-17-11(7-18-12)9-4-3-5-10(6-9)13(14,15)16/h3-6,8,11H,7H2,1-2H3. The number of benzene rings is 1. The van der Waals surface area contributed by atoms with E-state index in [4.69, 9.17) is 4.74 Å². The monoisotopic (exact) mass is 257 g/mol. The molecule has 0 aromatic heterocycles. The Kier molecular flexibility index (Phi) is 3.32. The van der Waals surface area contributed by atoms with Gasteiger partial charge in [0.25, 0.3) is 0 Å². The number of hydrogen-bond donors (Lipinski definition) is 0. The molecule has 5 heteroatoms. The molecular formula is C13H14F3NO. The average molecular weight is 257 g/mol. The largest absolute Gasteiger partial charge is 0.478 e. The van der Waals surface area contributed by atoms with E-state index in [9.17, 15) is 13.2 Å². The molecule has 0 N–H and O–H groups in total. The number of halogens is 3. The summed E-state index contributed by atoms with van der Waals surface area (Å²) in [4.78, 5) is 4.31. The molecule has 1 aliphatic heterocycles. The highest BCUT2D eigenvalue weighted by Gasteiger charge is 2.31. The molecule has 0 saturated carbocycles. The fourth-order valence-corrected chi connectivity index (χ4v) is 1.80. The van der Waals surface area contributed by atoms with Crippen molar-refractivity contribution in [2.75, 3.05) is 6.61 Å². The van der Waals surface area contributed by atoms with E-state index in [2.05, 4.69) is 4.99 Å². The van der Waals surface area contributed by atoms with Crippen LogP contribution < -0.4 is 0 Å². The first-order valence-corrected chi connectivity index (χ1v) is 5.75. The molecule has 0 bridgehead atoms. The second-order valence-corrected chi connectivity index (χ2v) is 4.57. The summed E-state index contributed by atoms with van der Waals surface area (Å²) in [5.74, 6) is 0.762. The molecule has 0 amide bonds. The van der Waals surface area contributed by atoms with E-state index in [0.717, 1.165) is 12.1 Å². The zero-order valence-electron chi connectivity index (χ0n) is 10.2. The van der Waals surface area contributed by atoms with Gasteiger partial charge < -0.3 is 4.74 Å². The predicted octanol–water partition coefficient (Wildman–Crippen LogP) is 3.83. The number of hydrogen-bond acceptors (Lipinski definition) is 2. The van der Waals surface area contributed by atoms with E-state index in [-0.39, 0.29) is 12.0 Å². The lowest BCUT2D eigenvalue weighted by Crippen LogP contribution is -2.07. The lowest BCUT2D eigenvalue weighted by atomic mass is 10.0. The van der Waals surface area contributed by atoms with Crippen molar-refractivity contribution < 1.29 is 17.9 Å². The maximum Gasteiger partial charge on any atom is 0.416 e. The summed E-state index contributed by atoms with van der Waals surface area (Å²) < 4.78 is 43.2. The van der Waals surface area contributed by atoms with Crippen LogP contribution in [0.2, 0.25) is 0 Å². The van der Waals surface area contributed by atoms with E-state index in [1.54, 1.807) is 6.07 Å². The van der Waals surface area contributed by atoms with Gasteiger partial charge in [-0.15, -0.1) is 0 Å². The van der Waals surface area contributed by atoms with Gasteiger partial charge in [0, 0.05) is 5.92 Å². The molecule has 1 aromatic carbocycles. The number of nitrogens with zero attached hydrogens (tertiary/aromatic N) is 1. The Labute approximate surface area is 103 Å². The first-order chi connectivity index (χ1) is 8.38. The van der Waals surface area contributed by atoms with Crippen molar-refractivity contribution in [2.24, 2.45) is 10.9 Å². The summed E-state index contributed by atoms with van der Waals surface area (Å²) in [7, 11) is 0. The summed E-state index contributed by atoms with van der Waals surface area (Å²) in [5, 5.41) is 0. The molecule has 2 rings (SSSR count). The molecule has 1 aromatic rings. The molecule has 18 heavy (non-hydrogen) atoms. The van der Waals surface area contributed by atoms with Crippen molar-refractivity contribution >= 4 is 5.90 Å². The third-order valence-corrected chi connectivity index (χ3v) is 2.76. The van der Waals surface area contributed by atoms with Crippen molar-refractivity contribution in [2.45, 2.75) is 26.1 Å². The van der Waals surface area contributed by atoms with Gasteiger partial charge in [-0.3, -0.25) is 0 Å². The van der Waals surface area contributed by atoms with Gasteiger partial charge in [-0.1, -0.05) is 26.0 Å². The van der Waals surface area contributed by atoms with Crippen LogP contribution in [0.15, 0.2) is 29.3 Å². The fraction of sp³-hybridized carbons (Fsp3) is 0.462. The van der Waals surface area contributed by atoms with E-state index in [1.165, 1.54) is 6.07 Å². The minimum atomic E-state index is -4.32. The van der Waals surface area contributed by atoms with E-state index in [0.29, 0.717) is 18.1 Å². The van der Waals surface area contributed by atoms with Gasteiger partial charge in [0.1, 0.15) is 12.6 Å². The Morgan fingerprint density at radius 1 is 1.33 bits per heavy atom. The number of aliphatic imine (C=N–C) groups is 1. The van der Waals surface area contributed by atoms with Crippen LogP contribution in [0.3, 0.4) is 0 Å². The zero-order valence-corrected chi connectivity index (χ0v) is 10.2. The minimum absolute atomic E-state index is 0.154. The van der Waals surface area contributed by atoms with Gasteiger partial charge in [0.05, 0.1) is 5.56 Å². The summed E-state index contributed by atoms with van der Waals surface area (Å²) in [5.41, 5.74) is -0.103. The normalized spacial score (nSPS) is 19.9. The minimum Gasteiger partial charge on any atom is -0.478 e. The van der Waals surface area contributed by atoms with Crippen LogP contribution >= 0.6 is 0 Å². The topological polar surface area (TPSA) is 21.6 Å². The number of rotatable bonds is 2. The van der Waals surface area contributed by atoms with Gasteiger partial charge in [-0.2, -0.15) is 13.2 Å². The molecule has 1 atom stereocenters. The molecule has 0 spiro atoms. The highest BCUT2D eigenvalue weighted by atomic mass is 19.4. The SMILES string of the molecule is CC(C)C1=NC(c2cccc(C(F)(F)F)c2)CO1. The Morgan fingerprint density at radius 2 is 2.06 bits per heavy atom. The molecule has 1 heterocycles. The zero-order chi connectivity index (χ0) is 13.3. The molecule has 2 nitrogen and oxygen atoms in total. The van der Waals surface area contributed by atoms with Gasteiger partial charge in [0.15, 0.2) is 5.90 Å². The van der Waals surface area contributed by atoms with Crippen LogP contribution in [0.4, 0.5) is 13.2 Å². The van der Waals surface area contributed by atoms with Crippen molar-refractivity contribution in [3.05, 3.63) is 35.4 Å². The van der Waals surface area contributed by atoms with Crippen molar-refractivity contribution in [3.8, 4) is 0 Å². The second-order valence-electron chi connectivity index (χ2n) is 4.57. The fourth-order valence-electron chi connectivity index (χ4n) is 1.80. The van der Waals surface area contributed by atoms with Gasteiger partial charge in [0.2, 0.25) is 0 Å². The van der Waals surface area contributed by atoms with Gasteiger partial charge in [-0.25, -0.2) is 4.99 Å². The van der Waals surface area contributed by atoms with Gasteiger partial charge >= 0.3 is 6.18 Å². The molecule has 0 radical (unpaired) electrons. The van der Waals surface area contributed by atoms with Crippen LogP contribution in [0.25, 0.3) is 0 Å². The van der Waals surface area contributed by atoms with Crippen molar-refractivity contribution in [1.82, 2.24) is 0 Å². The van der Waals surface area contributed by atoms with Crippen molar-refractivity contribution in [1.29, 1.82) is 0 Å². The first kappa shape index (κ1) is 12.9. The highest BCUT2D eigenvalue weighted by molar-refractivity contribution is 5.79. The molecule has 1 aliphatic rings. The van der Waals surface area contributed by atoms with E-state index in [1.807, 2.05) is 13.8 Å². The average Bonchev–Trinajstić information content (AvgIpc) is 2.77. The third kappa shape index (κ3) is 2.66. The number of alkyl halides is 3. The Hall–Kier alpha value is -1.52. The summed E-state index contributed by atoms with van der Waals surface area (Å²) >= 11 is 0. The van der Waals surface area contributed by atoms with Crippen LogP contribution in [-0.2, 0) is 10.9 Å². The van der Waals surface area contributed by atoms with E-state index < -0.39 is 11.7 Å². The molecule has 0 fully saturated rings.